The van der Waals surface area contributed by atoms with E-state index in [0.717, 1.165) is 5.56 Å². The minimum Gasteiger partial charge on any atom is -0.478 e. The Morgan fingerprint density at radius 2 is 1.77 bits per heavy atom. The number of aryl methyl sites for hydroxylation is 1. The second-order valence-electron chi connectivity index (χ2n) is 6.40. The summed E-state index contributed by atoms with van der Waals surface area (Å²) >= 11 is 0. The predicted molar refractivity (Wildman–Crippen MR) is 100 cm³/mol. The molecule has 0 aliphatic heterocycles. The first-order chi connectivity index (χ1) is 12.3. The van der Waals surface area contributed by atoms with Crippen LogP contribution in [0.1, 0.15) is 35.3 Å². The maximum atomic E-state index is 12.3. The molecule has 2 aromatic carbocycles. The monoisotopic (exact) mass is 354 g/mol. The molecular weight excluding hydrogens is 332 g/mol. The van der Waals surface area contributed by atoms with Crippen molar-refractivity contribution < 1.29 is 19.5 Å². The Morgan fingerprint density at radius 1 is 1.04 bits per heavy atom. The number of aromatic carboxylic acids is 1. The Morgan fingerprint density at radius 3 is 2.42 bits per heavy atom. The SMILES string of the molecule is Cc1ccc(NC(=O)C(C)C)cc1NC(=O)Cc1cccc(C(=O)O)c1. The summed E-state index contributed by atoms with van der Waals surface area (Å²) in [5, 5.41) is 14.6. The molecule has 0 radical (unpaired) electrons. The molecule has 0 unspecified atom stereocenters. The zero-order chi connectivity index (χ0) is 19.3. The van der Waals surface area contributed by atoms with Gasteiger partial charge in [-0.05, 0) is 42.3 Å². The van der Waals surface area contributed by atoms with Crippen LogP contribution in [0.2, 0.25) is 0 Å². The van der Waals surface area contributed by atoms with Crippen molar-refractivity contribution in [3.63, 3.8) is 0 Å². The van der Waals surface area contributed by atoms with Crippen LogP contribution in [0.3, 0.4) is 0 Å². The molecule has 0 spiro atoms. The molecule has 0 aliphatic rings. The third kappa shape index (κ3) is 5.17. The van der Waals surface area contributed by atoms with Crippen molar-refractivity contribution >= 4 is 29.2 Å². The Hall–Kier alpha value is -3.15. The minimum absolute atomic E-state index is 0.0587. The molecule has 0 heterocycles. The maximum absolute atomic E-state index is 12.3. The fourth-order valence-electron chi connectivity index (χ4n) is 2.32. The average molecular weight is 354 g/mol. The summed E-state index contributed by atoms with van der Waals surface area (Å²) in [6.07, 6.45) is 0.0587. The molecule has 0 saturated heterocycles. The average Bonchev–Trinajstić information content (AvgIpc) is 2.57. The number of nitrogens with one attached hydrogen (secondary N) is 2. The van der Waals surface area contributed by atoms with Gasteiger partial charge in [0.25, 0.3) is 0 Å². The maximum Gasteiger partial charge on any atom is 0.335 e. The van der Waals surface area contributed by atoms with Gasteiger partial charge in [-0.1, -0.05) is 32.0 Å². The van der Waals surface area contributed by atoms with Crippen LogP contribution in [-0.4, -0.2) is 22.9 Å². The summed E-state index contributed by atoms with van der Waals surface area (Å²) in [6, 6.07) is 11.6. The van der Waals surface area contributed by atoms with E-state index in [1.54, 1.807) is 38.1 Å². The van der Waals surface area contributed by atoms with Crippen molar-refractivity contribution in [2.24, 2.45) is 5.92 Å². The number of rotatable bonds is 6. The minimum atomic E-state index is -1.03. The summed E-state index contributed by atoms with van der Waals surface area (Å²) in [7, 11) is 0. The normalized spacial score (nSPS) is 10.5. The quantitative estimate of drug-likeness (QED) is 0.740. The van der Waals surface area contributed by atoms with Gasteiger partial charge in [0.1, 0.15) is 0 Å². The lowest BCUT2D eigenvalue weighted by Crippen LogP contribution is -2.19. The van der Waals surface area contributed by atoms with Crippen molar-refractivity contribution in [2.75, 3.05) is 10.6 Å². The molecule has 6 heteroatoms. The van der Waals surface area contributed by atoms with E-state index in [1.165, 1.54) is 12.1 Å². The highest BCUT2D eigenvalue weighted by molar-refractivity contribution is 5.96. The zero-order valence-corrected chi connectivity index (χ0v) is 15.0. The molecule has 0 saturated carbocycles. The van der Waals surface area contributed by atoms with Crippen LogP contribution >= 0.6 is 0 Å². The van der Waals surface area contributed by atoms with Crippen molar-refractivity contribution in [3.05, 3.63) is 59.2 Å². The van der Waals surface area contributed by atoms with E-state index < -0.39 is 5.97 Å². The number of carbonyl (C=O) groups is 3. The number of anilines is 2. The number of carbonyl (C=O) groups excluding carboxylic acids is 2. The second kappa shape index (κ2) is 8.29. The third-order valence-corrected chi connectivity index (χ3v) is 3.84. The van der Waals surface area contributed by atoms with E-state index in [9.17, 15) is 14.4 Å². The fraction of sp³-hybridized carbons (Fsp3) is 0.250. The second-order valence-corrected chi connectivity index (χ2v) is 6.40. The van der Waals surface area contributed by atoms with Gasteiger partial charge in [-0.3, -0.25) is 9.59 Å². The molecule has 3 N–H and O–H groups in total. The number of hydrogen-bond acceptors (Lipinski definition) is 3. The van der Waals surface area contributed by atoms with E-state index >= 15 is 0 Å². The van der Waals surface area contributed by atoms with Gasteiger partial charge in [0.05, 0.1) is 12.0 Å². The molecule has 0 bridgehead atoms. The van der Waals surface area contributed by atoms with Crippen LogP contribution < -0.4 is 10.6 Å². The summed E-state index contributed by atoms with van der Waals surface area (Å²) in [5.41, 5.74) is 2.83. The fourth-order valence-corrected chi connectivity index (χ4v) is 2.32. The van der Waals surface area contributed by atoms with Gasteiger partial charge in [-0.2, -0.15) is 0 Å². The number of amides is 2. The Kier molecular flexibility index (Phi) is 6.11. The van der Waals surface area contributed by atoms with E-state index in [-0.39, 0.29) is 29.7 Å². The largest absolute Gasteiger partial charge is 0.478 e. The molecule has 2 amide bonds. The summed E-state index contributed by atoms with van der Waals surface area (Å²) in [5.74, 6) is -1.54. The van der Waals surface area contributed by atoms with Crippen LogP contribution in [0.25, 0.3) is 0 Å². The Bertz CT molecular complexity index is 843. The lowest BCUT2D eigenvalue weighted by atomic mass is 10.1. The first-order valence-corrected chi connectivity index (χ1v) is 8.30. The molecule has 136 valence electrons. The van der Waals surface area contributed by atoms with Crippen LogP contribution in [-0.2, 0) is 16.0 Å². The predicted octanol–water partition coefficient (Wildman–Crippen LogP) is 3.47. The van der Waals surface area contributed by atoms with E-state index in [1.807, 2.05) is 13.0 Å². The van der Waals surface area contributed by atoms with Crippen LogP contribution in [0, 0.1) is 12.8 Å². The lowest BCUT2D eigenvalue weighted by Gasteiger charge is -2.13. The van der Waals surface area contributed by atoms with Crippen molar-refractivity contribution in [1.82, 2.24) is 0 Å². The first-order valence-electron chi connectivity index (χ1n) is 8.30. The Labute approximate surface area is 152 Å². The number of benzene rings is 2. The molecule has 2 rings (SSSR count). The molecule has 0 aromatic heterocycles. The molecule has 26 heavy (non-hydrogen) atoms. The summed E-state index contributed by atoms with van der Waals surface area (Å²) in [4.78, 5) is 35.1. The van der Waals surface area contributed by atoms with Gasteiger partial charge in [0, 0.05) is 17.3 Å². The smallest absolute Gasteiger partial charge is 0.335 e. The zero-order valence-electron chi connectivity index (χ0n) is 15.0. The van der Waals surface area contributed by atoms with E-state index in [4.69, 9.17) is 5.11 Å². The van der Waals surface area contributed by atoms with Gasteiger partial charge < -0.3 is 15.7 Å². The molecule has 2 aromatic rings. The number of carboxylic acids is 1. The highest BCUT2D eigenvalue weighted by Crippen LogP contribution is 2.21. The Balaban J connectivity index is 2.09. The van der Waals surface area contributed by atoms with Crippen LogP contribution in [0.4, 0.5) is 11.4 Å². The molecule has 0 aliphatic carbocycles. The third-order valence-electron chi connectivity index (χ3n) is 3.84. The van der Waals surface area contributed by atoms with E-state index in [0.29, 0.717) is 16.9 Å². The molecule has 0 fully saturated rings. The summed E-state index contributed by atoms with van der Waals surface area (Å²) in [6.45, 7) is 5.46. The highest BCUT2D eigenvalue weighted by Gasteiger charge is 2.11. The van der Waals surface area contributed by atoms with Crippen molar-refractivity contribution in [3.8, 4) is 0 Å². The van der Waals surface area contributed by atoms with Gasteiger partial charge >= 0.3 is 5.97 Å². The molecule has 0 atom stereocenters. The summed E-state index contributed by atoms with van der Waals surface area (Å²) < 4.78 is 0. The molecular formula is C20H22N2O4. The molecule has 6 nitrogen and oxygen atoms in total. The first kappa shape index (κ1) is 19.2. The van der Waals surface area contributed by atoms with Crippen molar-refractivity contribution in [1.29, 1.82) is 0 Å². The van der Waals surface area contributed by atoms with Crippen LogP contribution in [0.5, 0.6) is 0 Å². The van der Waals surface area contributed by atoms with Gasteiger partial charge in [-0.25, -0.2) is 4.79 Å². The topological polar surface area (TPSA) is 95.5 Å². The number of hydrogen-bond donors (Lipinski definition) is 3. The highest BCUT2D eigenvalue weighted by atomic mass is 16.4. The van der Waals surface area contributed by atoms with Crippen LogP contribution in [0.15, 0.2) is 42.5 Å². The standard InChI is InChI=1S/C20H22N2O4/c1-12(2)19(24)21-16-8-7-13(3)17(11-16)22-18(23)10-14-5-4-6-15(9-14)20(25)26/h4-9,11-12H,10H2,1-3H3,(H,21,24)(H,22,23)(H,25,26). The van der Waals surface area contributed by atoms with Crippen molar-refractivity contribution in [2.45, 2.75) is 27.2 Å². The number of carboxylic acid groups (broad SMARTS) is 1. The van der Waals surface area contributed by atoms with Gasteiger partial charge in [-0.15, -0.1) is 0 Å². The van der Waals surface area contributed by atoms with E-state index in [2.05, 4.69) is 10.6 Å². The van der Waals surface area contributed by atoms with Gasteiger partial charge in [0.2, 0.25) is 11.8 Å². The lowest BCUT2D eigenvalue weighted by molar-refractivity contribution is -0.119. The van der Waals surface area contributed by atoms with Gasteiger partial charge in [0.15, 0.2) is 0 Å².